The van der Waals surface area contributed by atoms with Gasteiger partial charge in [0.15, 0.2) is 0 Å². The van der Waals surface area contributed by atoms with Crippen LogP contribution >= 0.6 is 0 Å². The third kappa shape index (κ3) is 3.43. The number of hydrogen-bond acceptors (Lipinski definition) is 2. The van der Waals surface area contributed by atoms with Crippen molar-refractivity contribution in [3.8, 4) is 0 Å². The van der Waals surface area contributed by atoms with Crippen LogP contribution in [-0.2, 0) is 10.2 Å². The normalized spacial score (nSPS) is 17.1. The van der Waals surface area contributed by atoms with Gasteiger partial charge in [0.05, 0.1) is 5.41 Å². The van der Waals surface area contributed by atoms with Gasteiger partial charge in [-0.15, -0.1) is 0 Å². The highest BCUT2D eigenvalue weighted by atomic mass is 19.1. The van der Waals surface area contributed by atoms with Crippen molar-refractivity contribution in [1.82, 2.24) is 5.32 Å². The Hall–Kier alpha value is -1.42. The van der Waals surface area contributed by atoms with E-state index in [-0.39, 0.29) is 23.7 Å². The molecule has 4 heteroatoms. The van der Waals surface area contributed by atoms with Gasteiger partial charge in [-0.05, 0) is 42.4 Å². The van der Waals surface area contributed by atoms with Crippen molar-refractivity contribution in [2.24, 2.45) is 5.41 Å². The molecular weight excluding hydrogens is 269 g/mol. The van der Waals surface area contributed by atoms with Gasteiger partial charge in [0.1, 0.15) is 5.82 Å². The minimum Gasteiger partial charge on any atom is -0.396 e. The van der Waals surface area contributed by atoms with Crippen LogP contribution in [-0.4, -0.2) is 24.2 Å². The summed E-state index contributed by atoms with van der Waals surface area (Å²) in [7, 11) is 0. The molecule has 0 heterocycles. The number of halogens is 1. The first kappa shape index (κ1) is 16.0. The minimum atomic E-state index is -0.572. The lowest BCUT2D eigenvalue weighted by atomic mass is 9.63. The molecule has 0 spiro atoms. The average Bonchev–Trinajstić information content (AvgIpc) is 2.35. The second-order valence-electron chi connectivity index (χ2n) is 6.77. The molecule has 1 aromatic carbocycles. The lowest BCUT2D eigenvalue weighted by molar-refractivity contribution is -0.130. The van der Waals surface area contributed by atoms with Gasteiger partial charge in [0.2, 0.25) is 5.91 Å². The average molecular weight is 293 g/mol. The monoisotopic (exact) mass is 293 g/mol. The lowest BCUT2D eigenvalue weighted by Gasteiger charge is -2.41. The van der Waals surface area contributed by atoms with Crippen molar-refractivity contribution >= 4 is 5.91 Å². The molecule has 1 aliphatic carbocycles. The smallest absolute Gasteiger partial charge is 0.230 e. The van der Waals surface area contributed by atoms with E-state index in [1.54, 1.807) is 6.07 Å². The predicted octanol–water partition coefficient (Wildman–Crippen LogP) is 2.77. The number of amides is 1. The zero-order valence-electron chi connectivity index (χ0n) is 12.8. The molecule has 1 amide bonds. The first-order valence-corrected chi connectivity index (χ1v) is 7.55. The lowest BCUT2D eigenvalue weighted by Crippen LogP contribution is -2.51. The third-order valence-electron chi connectivity index (χ3n) is 4.54. The van der Waals surface area contributed by atoms with E-state index < -0.39 is 5.41 Å². The van der Waals surface area contributed by atoms with Crippen molar-refractivity contribution in [3.63, 3.8) is 0 Å². The molecule has 1 saturated carbocycles. The number of rotatable bonds is 6. The fourth-order valence-corrected chi connectivity index (χ4v) is 2.84. The Balaban J connectivity index is 2.09. The molecule has 2 N–H and O–H groups in total. The SMILES string of the molecule is CC(C)(CCO)CNC(=O)C1(c2cccc(F)c2)CCC1. The van der Waals surface area contributed by atoms with Gasteiger partial charge in [-0.2, -0.15) is 0 Å². The second-order valence-corrected chi connectivity index (χ2v) is 6.77. The van der Waals surface area contributed by atoms with E-state index in [0.29, 0.717) is 13.0 Å². The maximum atomic E-state index is 13.4. The third-order valence-corrected chi connectivity index (χ3v) is 4.54. The summed E-state index contributed by atoms with van der Waals surface area (Å²) in [5, 5.41) is 12.0. The van der Waals surface area contributed by atoms with Crippen LogP contribution in [0.4, 0.5) is 4.39 Å². The first-order chi connectivity index (χ1) is 9.89. The molecule has 0 atom stereocenters. The Kier molecular flexibility index (Phi) is 4.67. The van der Waals surface area contributed by atoms with Gasteiger partial charge in [-0.1, -0.05) is 32.4 Å². The number of carbonyl (C=O) groups is 1. The summed E-state index contributed by atoms with van der Waals surface area (Å²) < 4.78 is 13.4. The van der Waals surface area contributed by atoms with Gasteiger partial charge >= 0.3 is 0 Å². The molecule has 0 unspecified atom stereocenters. The van der Waals surface area contributed by atoms with Gasteiger partial charge in [0, 0.05) is 13.2 Å². The van der Waals surface area contributed by atoms with E-state index in [4.69, 9.17) is 5.11 Å². The van der Waals surface area contributed by atoms with Crippen molar-refractivity contribution < 1.29 is 14.3 Å². The molecule has 1 fully saturated rings. The van der Waals surface area contributed by atoms with Crippen LogP contribution in [0, 0.1) is 11.2 Å². The maximum Gasteiger partial charge on any atom is 0.230 e. The van der Waals surface area contributed by atoms with Crippen LogP contribution in [0.25, 0.3) is 0 Å². The van der Waals surface area contributed by atoms with Crippen molar-refractivity contribution in [2.75, 3.05) is 13.2 Å². The summed E-state index contributed by atoms with van der Waals surface area (Å²) in [5.41, 5.74) is 0.0560. The van der Waals surface area contributed by atoms with Crippen LogP contribution in [0.1, 0.15) is 45.1 Å². The molecule has 0 aliphatic heterocycles. The zero-order valence-corrected chi connectivity index (χ0v) is 12.8. The molecule has 21 heavy (non-hydrogen) atoms. The predicted molar refractivity (Wildman–Crippen MR) is 80.4 cm³/mol. The van der Waals surface area contributed by atoms with Gasteiger partial charge in [-0.25, -0.2) is 4.39 Å². The summed E-state index contributed by atoms with van der Waals surface area (Å²) in [6.45, 7) is 4.65. The standard InChI is InChI=1S/C17H24FNO2/c1-16(2,9-10-20)12-19-15(21)17(7-4-8-17)13-5-3-6-14(18)11-13/h3,5-6,11,20H,4,7-10,12H2,1-2H3,(H,19,21). The molecule has 116 valence electrons. The van der Waals surface area contributed by atoms with Gasteiger partial charge in [0.25, 0.3) is 0 Å². The highest BCUT2D eigenvalue weighted by molar-refractivity contribution is 5.89. The summed E-state index contributed by atoms with van der Waals surface area (Å²) in [5.74, 6) is -0.322. The number of hydrogen-bond donors (Lipinski definition) is 2. The van der Waals surface area contributed by atoms with E-state index in [9.17, 15) is 9.18 Å². The number of nitrogens with one attached hydrogen (secondary N) is 1. The molecule has 1 aromatic rings. The van der Waals surface area contributed by atoms with Crippen LogP contribution in [0.3, 0.4) is 0 Å². The van der Waals surface area contributed by atoms with Crippen LogP contribution in [0.15, 0.2) is 24.3 Å². The summed E-state index contributed by atoms with van der Waals surface area (Å²) in [4.78, 5) is 12.6. The molecule has 0 radical (unpaired) electrons. The summed E-state index contributed by atoms with van der Waals surface area (Å²) in [6, 6.07) is 6.37. The van der Waals surface area contributed by atoms with Crippen LogP contribution < -0.4 is 5.32 Å². The Bertz CT molecular complexity index is 509. The molecule has 0 aromatic heterocycles. The largest absolute Gasteiger partial charge is 0.396 e. The number of benzene rings is 1. The first-order valence-electron chi connectivity index (χ1n) is 7.55. The second kappa shape index (κ2) is 6.14. The van der Waals surface area contributed by atoms with E-state index in [0.717, 1.165) is 24.8 Å². The molecule has 0 bridgehead atoms. The Morgan fingerprint density at radius 2 is 2.14 bits per heavy atom. The molecule has 0 saturated heterocycles. The minimum absolute atomic E-state index is 0.0228. The van der Waals surface area contributed by atoms with E-state index in [2.05, 4.69) is 5.32 Å². The fraction of sp³-hybridized carbons (Fsp3) is 0.588. The van der Waals surface area contributed by atoms with Crippen molar-refractivity contribution in [3.05, 3.63) is 35.6 Å². The molecule has 1 aliphatic rings. The van der Waals surface area contributed by atoms with Crippen molar-refractivity contribution in [1.29, 1.82) is 0 Å². The fourth-order valence-electron chi connectivity index (χ4n) is 2.84. The Labute approximate surface area is 125 Å². The van der Waals surface area contributed by atoms with Crippen LogP contribution in [0.2, 0.25) is 0 Å². The number of aliphatic hydroxyl groups excluding tert-OH is 1. The van der Waals surface area contributed by atoms with Crippen LogP contribution in [0.5, 0.6) is 0 Å². The Morgan fingerprint density at radius 1 is 1.43 bits per heavy atom. The van der Waals surface area contributed by atoms with Crippen molar-refractivity contribution in [2.45, 2.75) is 44.9 Å². The van der Waals surface area contributed by atoms with Gasteiger partial charge < -0.3 is 10.4 Å². The van der Waals surface area contributed by atoms with E-state index in [1.165, 1.54) is 12.1 Å². The molecular formula is C17H24FNO2. The maximum absolute atomic E-state index is 13.4. The molecule has 2 rings (SSSR count). The number of aliphatic hydroxyl groups is 1. The van der Waals surface area contributed by atoms with Gasteiger partial charge in [-0.3, -0.25) is 4.79 Å². The summed E-state index contributed by atoms with van der Waals surface area (Å²) in [6.07, 6.45) is 3.16. The highest BCUT2D eigenvalue weighted by Crippen LogP contribution is 2.44. The Morgan fingerprint density at radius 3 is 2.67 bits per heavy atom. The zero-order chi connectivity index (χ0) is 15.5. The number of carbonyl (C=O) groups excluding carboxylic acids is 1. The highest BCUT2D eigenvalue weighted by Gasteiger charge is 2.45. The molecule has 3 nitrogen and oxygen atoms in total. The summed E-state index contributed by atoms with van der Waals surface area (Å²) >= 11 is 0. The van der Waals surface area contributed by atoms with E-state index in [1.807, 2.05) is 19.9 Å². The van der Waals surface area contributed by atoms with E-state index >= 15 is 0 Å². The topological polar surface area (TPSA) is 49.3 Å². The quantitative estimate of drug-likeness (QED) is 0.847.